The van der Waals surface area contributed by atoms with Gasteiger partial charge >= 0.3 is 0 Å². The Morgan fingerprint density at radius 3 is 2.71 bits per heavy atom. The molecule has 0 fully saturated rings. The quantitative estimate of drug-likeness (QED) is 0.759. The summed E-state index contributed by atoms with van der Waals surface area (Å²) in [6, 6.07) is 6.71. The van der Waals surface area contributed by atoms with Gasteiger partial charge in [0.1, 0.15) is 5.82 Å². The van der Waals surface area contributed by atoms with Gasteiger partial charge in [0.05, 0.1) is 6.61 Å². The summed E-state index contributed by atoms with van der Waals surface area (Å²) < 4.78 is 13.3. The van der Waals surface area contributed by atoms with Gasteiger partial charge in [-0.25, -0.2) is 4.39 Å². The van der Waals surface area contributed by atoms with E-state index in [1.807, 2.05) is 24.3 Å². The summed E-state index contributed by atoms with van der Waals surface area (Å²) in [5.41, 5.74) is 1.51. The Bertz CT molecular complexity index is 393. The van der Waals surface area contributed by atoms with E-state index in [-0.39, 0.29) is 18.3 Å². The molecule has 1 N–H and O–H groups in total. The Morgan fingerprint density at radius 1 is 1.29 bits per heavy atom. The van der Waals surface area contributed by atoms with Gasteiger partial charge in [0.2, 0.25) is 0 Å². The van der Waals surface area contributed by atoms with Crippen molar-refractivity contribution in [3.8, 4) is 0 Å². The van der Waals surface area contributed by atoms with Crippen molar-refractivity contribution in [2.45, 2.75) is 5.92 Å². The molecule has 0 saturated heterocycles. The lowest BCUT2D eigenvalue weighted by molar-refractivity contribution is 0.335. The summed E-state index contributed by atoms with van der Waals surface area (Å²) in [6.45, 7) is 0.0153. The molecule has 0 heterocycles. The van der Waals surface area contributed by atoms with Crippen LogP contribution in [0, 0.1) is 5.82 Å². The van der Waals surface area contributed by atoms with E-state index in [0.717, 1.165) is 5.57 Å². The predicted molar refractivity (Wildman–Crippen MR) is 53.4 cm³/mol. The largest absolute Gasteiger partial charge is 0.392 e. The normalized spacial score (nSPS) is 19.9. The summed E-state index contributed by atoms with van der Waals surface area (Å²) in [4.78, 5) is 0. The van der Waals surface area contributed by atoms with Crippen molar-refractivity contribution >= 4 is 0 Å². The third kappa shape index (κ3) is 1.61. The first-order chi connectivity index (χ1) is 6.81. The average Bonchev–Trinajstić information content (AvgIpc) is 2.67. The lowest BCUT2D eigenvalue weighted by atomic mass is 10.0. The Hall–Kier alpha value is -1.41. The van der Waals surface area contributed by atoms with Gasteiger partial charge in [-0.15, -0.1) is 0 Å². The van der Waals surface area contributed by atoms with E-state index in [0.29, 0.717) is 5.56 Å². The van der Waals surface area contributed by atoms with E-state index >= 15 is 0 Å². The van der Waals surface area contributed by atoms with Crippen molar-refractivity contribution in [2.24, 2.45) is 0 Å². The van der Waals surface area contributed by atoms with Crippen LogP contribution in [0.5, 0.6) is 0 Å². The number of hydrogen-bond acceptors (Lipinski definition) is 1. The number of aliphatic hydroxyl groups is 1. The predicted octanol–water partition coefficient (Wildman–Crippen LogP) is 2.40. The maximum Gasteiger partial charge on any atom is 0.127 e. The minimum atomic E-state index is -0.197. The minimum absolute atomic E-state index is 0.0153. The molecule has 1 aromatic carbocycles. The summed E-state index contributed by atoms with van der Waals surface area (Å²) in [5.74, 6) is -0.226. The highest BCUT2D eigenvalue weighted by molar-refractivity contribution is 5.40. The van der Waals surface area contributed by atoms with Crippen LogP contribution in [0.4, 0.5) is 4.39 Å². The Balaban J connectivity index is 2.31. The van der Waals surface area contributed by atoms with Gasteiger partial charge in [-0.3, -0.25) is 0 Å². The van der Waals surface area contributed by atoms with Gasteiger partial charge in [0, 0.05) is 5.92 Å². The molecule has 0 bridgehead atoms. The first-order valence-electron chi connectivity index (χ1n) is 4.55. The maximum absolute atomic E-state index is 13.3. The third-order valence-corrected chi connectivity index (χ3v) is 2.36. The number of rotatable bonds is 2. The van der Waals surface area contributed by atoms with Crippen LogP contribution >= 0.6 is 0 Å². The molecule has 0 saturated carbocycles. The summed E-state index contributed by atoms with van der Waals surface area (Å²) >= 11 is 0. The fraction of sp³-hybridized carbons (Fsp3) is 0.167. The summed E-state index contributed by atoms with van der Waals surface area (Å²) in [7, 11) is 0. The molecule has 0 radical (unpaired) electrons. The standard InChI is InChI=1S/C12H11FO/c13-12-4-2-1-3-11(12)10-6-5-9(7-10)8-14/h1-7,10,14H,8H2. The molecule has 0 spiro atoms. The van der Waals surface area contributed by atoms with Crippen molar-refractivity contribution in [1.29, 1.82) is 0 Å². The first-order valence-corrected chi connectivity index (χ1v) is 4.55. The van der Waals surface area contributed by atoms with Gasteiger partial charge in [-0.05, 0) is 17.2 Å². The van der Waals surface area contributed by atoms with Gasteiger partial charge in [-0.1, -0.05) is 36.4 Å². The number of allylic oxidation sites excluding steroid dienone is 2. The Kier molecular flexibility index (Phi) is 2.46. The van der Waals surface area contributed by atoms with Gasteiger partial charge in [0.25, 0.3) is 0 Å². The zero-order valence-corrected chi connectivity index (χ0v) is 7.65. The fourth-order valence-corrected chi connectivity index (χ4v) is 1.61. The molecule has 1 aliphatic rings. The second-order valence-corrected chi connectivity index (χ2v) is 3.31. The van der Waals surface area contributed by atoms with E-state index in [4.69, 9.17) is 5.11 Å². The highest BCUT2D eigenvalue weighted by Crippen LogP contribution is 2.27. The monoisotopic (exact) mass is 190 g/mol. The summed E-state index contributed by atoms with van der Waals surface area (Å²) in [5, 5.41) is 8.89. The molecule has 2 rings (SSSR count). The van der Waals surface area contributed by atoms with Crippen molar-refractivity contribution in [3.05, 3.63) is 59.4 Å². The van der Waals surface area contributed by atoms with Crippen LogP contribution in [0.15, 0.2) is 48.1 Å². The number of halogens is 1. The topological polar surface area (TPSA) is 20.2 Å². The van der Waals surface area contributed by atoms with E-state index in [9.17, 15) is 4.39 Å². The molecule has 1 aromatic rings. The Morgan fingerprint density at radius 2 is 2.07 bits per heavy atom. The highest BCUT2D eigenvalue weighted by Gasteiger charge is 2.14. The van der Waals surface area contributed by atoms with E-state index in [1.165, 1.54) is 6.07 Å². The maximum atomic E-state index is 13.3. The van der Waals surface area contributed by atoms with Crippen molar-refractivity contribution in [3.63, 3.8) is 0 Å². The number of hydrogen-bond donors (Lipinski definition) is 1. The fourth-order valence-electron chi connectivity index (χ4n) is 1.61. The average molecular weight is 190 g/mol. The Labute approximate surface area is 82.2 Å². The molecule has 2 heteroatoms. The number of aliphatic hydroxyl groups excluding tert-OH is 1. The summed E-state index contributed by atoms with van der Waals surface area (Å²) in [6.07, 6.45) is 5.60. The molecule has 1 unspecified atom stereocenters. The number of benzene rings is 1. The molecule has 72 valence electrons. The van der Waals surface area contributed by atoms with Gasteiger partial charge < -0.3 is 5.11 Å². The molecular formula is C12H11FO. The van der Waals surface area contributed by atoms with Gasteiger partial charge in [-0.2, -0.15) is 0 Å². The highest BCUT2D eigenvalue weighted by atomic mass is 19.1. The second-order valence-electron chi connectivity index (χ2n) is 3.31. The van der Waals surface area contributed by atoms with Gasteiger partial charge in [0.15, 0.2) is 0 Å². The van der Waals surface area contributed by atoms with Crippen LogP contribution in [0.2, 0.25) is 0 Å². The smallest absolute Gasteiger partial charge is 0.127 e. The second kappa shape index (κ2) is 3.76. The van der Waals surface area contributed by atoms with Crippen LogP contribution in [0.3, 0.4) is 0 Å². The SMILES string of the molecule is OCC1=CC(c2ccccc2F)C=C1. The van der Waals surface area contributed by atoms with Crippen LogP contribution in [0.1, 0.15) is 11.5 Å². The first kappa shape index (κ1) is 9.16. The van der Waals surface area contributed by atoms with Crippen LogP contribution in [-0.4, -0.2) is 11.7 Å². The van der Waals surface area contributed by atoms with Crippen LogP contribution in [-0.2, 0) is 0 Å². The van der Waals surface area contributed by atoms with Crippen molar-refractivity contribution < 1.29 is 9.50 Å². The molecule has 0 amide bonds. The van der Waals surface area contributed by atoms with Crippen LogP contribution in [0.25, 0.3) is 0 Å². The molecule has 0 aliphatic heterocycles. The minimum Gasteiger partial charge on any atom is -0.392 e. The van der Waals surface area contributed by atoms with Crippen LogP contribution < -0.4 is 0 Å². The third-order valence-electron chi connectivity index (χ3n) is 2.36. The molecular weight excluding hydrogens is 179 g/mol. The molecule has 1 nitrogen and oxygen atoms in total. The molecule has 1 aliphatic carbocycles. The lowest BCUT2D eigenvalue weighted by Gasteiger charge is -2.06. The van der Waals surface area contributed by atoms with Crippen molar-refractivity contribution in [2.75, 3.05) is 6.61 Å². The van der Waals surface area contributed by atoms with Crippen molar-refractivity contribution in [1.82, 2.24) is 0 Å². The van der Waals surface area contributed by atoms with E-state index in [2.05, 4.69) is 0 Å². The lowest BCUT2D eigenvalue weighted by Crippen LogP contribution is -1.93. The zero-order valence-electron chi connectivity index (χ0n) is 7.65. The molecule has 1 atom stereocenters. The van der Waals surface area contributed by atoms with E-state index < -0.39 is 0 Å². The zero-order chi connectivity index (χ0) is 9.97. The van der Waals surface area contributed by atoms with E-state index in [1.54, 1.807) is 12.1 Å². The molecule has 0 aromatic heterocycles. The molecule has 14 heavy (non-hydrogen) atoms.